The Morgan fingerprint density at radius 1 is 0.827 bits per heavy atom. The standard InChI is InChI=1S/C37H43F6N5O4/c38-36(39,40)26-15-24(17-29(49)4-2-1-3-5-34(45)46)35(52-32-10-12-47-22-32)25(16-26)18-30(50)14-23-6-8-31(9-7-23)51-33-20-27(37(41,42)43)19-28(21-33)48-13-11-44/h6-9,15-16,19-21,32,47-48H,1-5,10-14,17-18,22,44H2,(H3,45,46)/t32-/m1/s1. The van der Waals surface area contributed by atoms with Crippen molar-refractivity contribution in [1.29, 1.82) is 5.41 Å². The highest BCUT2D eigenvalue weighted by molar-refractivity contribution is 5.85. The van der Waals surface area contributed by atoms with Crippen LogP contribution in [0.15, 0.2) is 54.6 Å². The molecule has 1 aliphatic rings. The SMILES string of the molecule is N=C(N)CCCCCC(=O)Cc1cc(C(F)(F)F)cc(CC(=O)Cc2ccc(Oc3cc(NCCN)cc(C(F)(F)F)c3)cc2)c1O[C@@H]1CCNC1. The molecule has 282 valence electrons. The van der Waals surface area contributed by atoms with E-state index in [2.05, 4.69) is 10.6 Å². The number of carbonyl (C=O) groups excluding carboxylic acids is 2. The van der Waals surface area contributed by atoms with Gasteiger partial charge in [-0.05, 0) is 67.8 Å². The number of ether oxygens (including phenoxy) is 2. The molecule has 0 amide bonds. The van der Waals surface area contributed by atoms with Gasteiger partial charge in [0.2, 0.25) is 0 Å². The molecule has 0 radical (unpaired) electrons. The quantitative estimate of drug-likeness (QED) is 0.0383. The van der Waals surface area contributed by atoms with E-state index in [0.29, 0.717) is 50.8 Å². The van der Waals surface area contributed by atoms with E-state index in [-0.39, 0.29) is 84.1 Å². The summed E-state index contributed by atoms with van der Waals surface area (Å²) in [4.78, 5) is 26.3. The monoisotopic (exact) mass is 735 g/mol. The van der Waals surface area contributed by atoms with Gasteiger partial charge in [0.25, 0.3) is 0 Å². The molecule has 1 aliphatic heterocycles. The zero-order chi connectivity index (χ0) is 37.9. The van der Waals surface area contributed by atoms with Gasteiger partial charge in [-0.25, -0.2) is 0 Å². The summed E-state index contributed by atoms with van der Waals surface area (Å²) >= 11 is 0. The number of nitrogens with one attached hydrogen (secondary N) is 3. The van der Waals surface area contributed by atoms with Crippen LogP contribution in [-0.4, -0.2) is 49.7 Å². The van der Waals surface area contributed by atoms with Crippen LogP contribution in [0.1, 0.15) is 66.3 Å². The average molecular weight is 736 g/mol. The van der Waals surface area contributed by atoms with Crippen LogP contribution < -0.4 is 31.6 Å². The summed E-state index contributed by atoms with van der Waals surface area (Å²) in [5.41, 5.74) is 9.69. The number of hydrogen-bond donors (Lipinski definition) is 5. The van der Waals surface area contributed by atoms with Crippen molar-refractivity contribution >= 4 is 23.1 Å². The van der Waals surface area contributed by atoms with Crippen molar-refractivity contribution in [1.82, 2.24) is 5.32 Å². The molecule has 0 bridgehead atoms. The van der Waals surface area contributed by atoms with Crippen molar-refractivity contribution in [3.05, 3.63) is 82.4 Å². The van der Waals surface area contributed by atoms with Crippen molar-refractivity contribution in [2.24, 2.45) is 11.5 Å². The number of carbonyl (C=O) groups is 2. The summed E-state index contributed by atoms with van der Waals surface area (Å²) in [7, 11) is 0. The number of Topliss-reactive ketones (excluding diaryl/α,β-unsaturated/α-hetero) is 2. The zero-order valence-electron chi connectivity index (χ0n) is 28.5. The Morgan fingerprint density at radius 3 is 2.06 bits per heavy atom. The molecular weight excluding hydrogens is 692 g/mol. The van der Waals surface area contributed by atoms with Crippen LogP contribution in [0.3, 0.4) is 0 Å². The molecule has 1 fully saturated rings. The maximum atomic E-state index is 14.1. The third kappa shape index (κ3) is 12.5. The molecule has 1 atom stereocenters. The number of ketones is 2. The first-order valence-electron chi connectivity index (χ1n) is 17.0. The van der Waals surface area contributed by atoms with E-state index in [0.717, 1.165) is 24.3 Å². The molecule has 0 aromatic heterocycles. The van der Waals surface area contributed by atoms with E-state index in [1.54, 1.807) is 12.1 Å². The van der Waals surface area contributed by atoms with Gasteiger partial charge in [0, 0.05) is 74.6 Å². The summed E-state index contributed by atoms with van der Waals surface area (Å²) in [5, 5.41) is 13.2. The fourth-order valence-electron chi connectivity index (χ4n) is 5.80. The van der Waals surface area contributed by atoms with Crippen LogP contribution in [-0.2, 0) is 41.2 Å². The van der Waals surface area contributed by atoms with Crippen LogP contribution >= 0.6 is 0 Å². The maximum absolute atomic E-state index is 14.1. The van der Waals surface area contributed by atoms with Gasteiger partial charge in [-0.2, -0.15) is 26.3 Å². The lowest BCUT2D eigenvalue weighted by Crippen LogP contribution is -2.22. The Balaban J connectivity index is 1.51. The van der Waals surface area contributed by atoms with Crippen LogP contribution in [0.5, 0.6) is 17.2 Å². The molecule has 0 saturated carbocycles. The third-order valence-electron chi connectivity index (χ3n) is 8.31. The van der Waals surface area contributed by atoms with Gasteiger partial charge < -0.3 is 31.6 Å². The highest BCUT2D eigenvalue weighted by atomic mass is 19.4. The fourth-order valence-corrected chi connectivity index (χ4v) is 5.80. The molecule has 1 saturated heterocycles. The predicted octanol–water partition coefficient (Wildman–Crippen LogP) is 6.98. The van der Waals surface area contributed by atoms with Crippen LogP contribution in [0, 0.1) is 5.41 Å². The van der Waals surface area contributed by atoms with Crippen molar-refractivity contribution in [3.8, 4) is 17.2 Å². The maximum Gasteiger partial charge on any atom is 0.416 e. The number of rotatable bonds is 19. The summed E-state index contributed by atoms with van der Waals surface area (Å²) < 4.78 is 94.6. The fraction of sp³-hybridized carbons (Fsp3) is 0.432. The molecule has 0 aliphatic carbocycles. The first kappa shape index (κ1) is 40.1. The Hall–Kier alpha value is -4.63. The Kier molecular flexibility index (Phi) is 14.1. The smallest absolute Gasteiger partial charge is 0.416 e. The average Bonchev–Trinajstić information content (AvgIpc) is 3.58. The number of unbranched alkanes of at least 4 members (excludes halogenated alkanes) is 2. The van der Waals surface area contributed by atoms with E-state index < -0.39 is 35.7 Å². The second-order valence-corrected chi connectivity index (χ2v) is 12.8. The number of anilines is 1. The van der Waals surface area contributed by atoms with Gasteiger partial charge in [0.15, 0.2) is 0 Å². The lowest BCUT2D eigenvalue weighted by atomic mass is 9.94. The first-order chi connectivity index (χ1) is 24.6. The largest absolute Gasteiger partial charge is 0.488 e. The van der Waals surface area contributed by atoms with Crippen molar-refractivity contribution < 1.29 is 45.4 Å². The molecule has 0 unspecified atom stereocenters. The van der Waals surface area contributed by atoms with Crippen molar-refractivity contribution in [2.75, 3.05) is 31.5 Å². The molecule has 3 aromatic rings. The van der Waals surface area contributed by atoms with Crippen LogP contribution in [0.4, 0.5) is 32.0 Å². The second kappa shape index (κ2) is 18.2. The Morgan fingerprint density at radius 2 is 1.46 bits per heavy atom. The second-order valence-electron chi connectivity index (χ2n) is 12.8. The van der Waals surface area contributed by atoms with Gasteiger partial charge in [-0.1, -0.05) is 18.6 Å². The minimum atomic E-state index is -4.74. The number of hydrogen-bond acceptors (Lipinski definition) is 8. The number of nitrogens with two attached hydrogens (primary N) is 2. The highest BCUT2D eigenvalue weighted by Gasteiger charge is 2.34. The normalized spacial score (nSPS) is 14.6. The molecule has 9 nitrogen and oxygen atoms in total. The summed E-state index contributed by atoms with van der Waals surface area (Å²) in [6.45, 7) is 1.56. The van der Waals surface area contributed by atoms with Gasteiger partial charge >= 0.3 is 12.4 Å². The minimum Gasteiger partial charge on any atom is -0.488 e. The van der Waals surface area contributed by atoms with E-state index in [4.69, 9.17) is 26.4 Å². The zero-order valence-corrected chi connectivity index (χ0v) is 28.5. The Labute approximate surface area is 297 Å². The molecule has 1 heterocycles. The molecule has 0 spiro atoms. The Bertz CT molecular complexity index is 1690. The van der Waals surface area contributed by atoms with E-state index >= 15 is 0 Å². The summed E-state index contributed by atoms with van der Waals surface area (Å²) in [6, 6.07) is 11.1. The lowest BCUT2D eigenvalue weighted by molar-refractivity contribution is -0.138. The number of halogens is 6. The number of alkyl halides is 6. The number of benzene rings is 3. The lowest BCUT2D eigenvalue weighted by Gasteiger charge is -2.22. The molecule has 52 heavy (non-hydrogen) atoms. The van der Waals surface area contributed by atoms with Gasteiger partial charge in [-0.3, -0.25) is 15.0 Å². The molecule has 4 rings (SSSR count). The predicted molar refractivity (Wildman–Crippen MR) is 185 cm³/mol. The first-order valence-corrected chi connectivity index (χ1v) is 17.0. The summed E-state index contributed by atoms with van der Waals surface area (Å²) in [5.74, 6) is -0.415. The van der Waals surface area contributed by atoms with E-state index in [9.17, 15) is 35.9 Å². The highest BCUT2D eigenvalue weighted by Crippen LogP contribution is 2.38. The van der Waals surface area contributed by atoms with Crippen LogP contribution in [0.25, 0.3) is 0 Å². The molecule has 15 heteroatoms. The molecular formula is C37H43F6N5O4. The van der Waals surface area contributed by atoms with E-state index in [1.807, 2.05) is 0 Å². The topological polar surface area (TPSA) is 153 Å². The van der Waals surface area contributed by atoms with Crippen molar-refractivity contribution in [3.63, 3.8) is 0 Å². The third-order valence-corrected chi connectivity index (χ3v) is 8.31. The van der Waals surface area contributed by atoms with Gasteiger partial charge in [-0.15, -0.1) is 0 Å². The van der Waals surface area contributed by atoms with E-state index in [1.165, 1.54) is 18.2 Å². The van der Waals surface area contributed by atoms with Crippen LogP contribution in [0.2, 0.25) is 0 Å². The number of amidine groups is 1. The molecule has 7 N–H and O–H groups in total. The van der Waals surface area contributed by atoms with Gasteiger partial charge in [0.05, 0.1) is 17.0 Å². The minimum absolute atomic E-state index is 0.0273. The summed E-state index contributed by atoms with van der Waals surface area (Å²) in [6.07, 6.45) is -7.69. The van der Waals surface area contributed by atoms with Crippen molar-refractivity contribution in [2.45, 2.75) is 76.2 Å². The molecule has 3 aromatic carbocycles. The van der Waals surface area contributed by atoms with Gasteiger partial charge in [0.1, 0.15) is 34.9 Å².